The zero-order valence-electron chi connectivity index (χ0n) is 14.1. The third-order valence-corrected chi connectivity index (χ3v) is 4.73. The number of aryl methyl sites for hydroxylation is 1. The van der Waals surface area contributed by atoms with E-state index in [-0.39, 0.29) is 19.6 Å². The topological polar surface area (TPSA) is 97.0 Å². The third kappa shape index (κ3) is 3.73. The van der Waals surface area contributed by atoms with Gasteiger partial charge in [-0.2, -0.15) is 10.4 Å². The van der Waals surface area contributed by atoms with E-state index in [9.17, 15) is 9.59 Å². The van der Waals surface area contributed by atoms with Gasteiger partial charge in [-0.25, -0.2) is 9.48 Å². The quantitative estimate of drug-likeness (QED) is 0.533. The number of para-hydroxylation sites is 1. The van der Waals surface area contributed by atoms with Crippen LogP contribution in [0, 0.1) is 18.3 Å². The number of nitrogens with zero attached hydrogens (tertiary/aromatic N) is 3. The number of carbonyl (C=O) groups is 2. The fraction of sp³-hybridized carbons (Fsp3) is 0.222. The Bertz CT molecular complexity index is 985. The Hall–Kier alpha value is -3.18. The van der Waals surface area contributed by atoms with Crippen LogP contribution in [0.2, 0.25) is 0 Å². The molecule has 1 aromatic carbocycles. The summed E-state index contributed by atoms with van der Waals surface area (Å²) in [6.45, 7) is 1.75. The summed E-state index contributed by atoms with van der Waals surface area (Å²) in [6, 6.07) is 13.3. The molecule has 132 valence electrons. The molecule has 3 rings (SSSR count). The summed E-state index contributed by atoms with van der Waals surface area (Å²) < 4.78 is 6.84. The van der Waals surface area contributed by atoms with Crippen LogP contribution in [-0.4, -0.2) is 34.8 Å². The molecule has 0 saturated carbocycles. The molecule has 0 aliphatic carbocycles. The van der Waals surface area contributed by atoms with Gasteiger partial charge in [-0.05, 0) is 25.1 Å². The minimum Gasteiger partial charge on any atom is -0.451 e. The average molecular weight is 368 g/mol. The molecule has 2 aromatic heterocycles. The molecule has 7 nitrogen and oxygen atoms in total. The number of amides is 1. The molecule has 0 saturated heterocycles. The number of benzene rings is 1. The monoisotopic (exact) mass is 368 g/mol. The molecule has 0 spiro atoms. The second-order valence-electron chi connectivity index (χ2n) is 5.50. The lowest BCUT2D eigenvalue weighted by atomic mass is 10.3. The van der Waals surface area contributed by atoms with Crippen LogP contribution in [0.1, 0.15) is 21.8 Å². The Morgan fingerprint density at radius 3 is 2.85 bits per heavy atom. The van der Waals surface area contributed by atoms with Gasteiger partial charge in [0.05, 0.1) is 23.9 Å². The van der Waals surface area contributed by atoms with E-state index in [2.05, 4.69) is 10.4 Å². The highest BCUT2D eigenvalue weighted by atomic mass is 32.1. The van der Waals surface area contributed by atoms with Crippen molar-refractivity contribution in [1.29, 1.82) is 5.26 Å². The molecule has 1 N–H and O–H groups in total. The number of esters is 1. The number of hydrogen-bond acceptors (Lipinski definition) is 6. The summed E-state index contributed by atoms with van der Waals surface area (Å²) in [5.41, 5.74) is 1.72. The lowest BCUT2D eigenvalue weighted by molar-refractivity contribution is -0.124. The second kappa shape index (κ2) is 7.80. The highest BCUT2D eigenvalue weighted by Gasteiger charge is 2.18. The minimum absolute atomic E-state index is 0.214. The summed E-state index contributed by atoms with van der Waals surface area (Å²) in [5.74, 6) is -0.984. The first-order valence-corrected chi connectivity index (χ1v) is 8.77. The van der Waals surface area contributed by atoms with Gasteiger partial charge in [0.1, 0.15) is 9.71 Å². The van der Waals surface area contributed by atoms with E-state index in [1.165, 1.54) is 11.3 Å². The molecular formula is C18H16N4O3S. The van der Waals surface area contributed by atoms with Crippen LogP contribution < -0.4 is 5.32 Å². The molecule has 1 amide bonds. The predicted molar refractivity (Wildman–Crippen MR) is 97.2 cm³/mol. The lowest BCUT2D eigenvalue weighted by Gasteiger charge is -2.04. The average Bonchev–Trinajstić information content (AvgIpc) is 3.21. The van der Waals surface area contributed by atoms with Crippen LogP contribution in [-0.2, 0) is 9.53 Å². The zero-order valence-corrected chi connectivity index (χ0v) is 14.9. The number of aromatic nitrogens is 2. The molecule has 0 fully saturated rings. The number of ether oxygens (including phenoxy) is 1. The highest BCUT2D eigenvalue weighted by molar-refractivity contribution is 7.20. The van der Waals surface area contributed by atoms with Crippen LogP contribution in [0.3, 0.4) is 0 Å². The van der Waals surface area contributed by atoms with Crippen molar-refractivity contribution in [1.82, 2.24) is 15.1 Å². The summed E-state index contributed by atoms with van der Waals surface area (Å²) in [7, 11) is 0. The Balaban J connectivity index is 1.74. The highest BCUT2D eigenvalue weighted by Crippen LogP contribution is 2.30. The summed E-state index contributed by atoms with van der Waals surface area (Å²) >= 11 is 1.27. The summed E-state index contributed by atoms with van der Waals surface area (Å²) in [4.78, 5) is 25.1. The largest absolute Gasteiger partial charge is 0.451 e. The second-order valence-corrected chi connectivity index (χ2v) is 6.53. The molecular weight excluding hydrogens is 352 g/mol. The molecule has 0 aliphatic rings. The maximum absolute atomic E-state index is 12.2. The molecule has 0 aliphatic heterocycles. The number of carbonyl (C=O) groups excluding carboxylic acids is 2. The Labute approximate surface area is 153 Å². The molecule has 26 heavy (non-hydrogen) atoms. The Morgan fingerprint density at radius 2 is 2.12 bits per heavy atom. The van der Waals surface area contributed by atoms with Gasteiger partial charge in [-0.3, -0.25) is 4.79 Å². The SMILES string of the molecule is Cc1nn(-c2ccccc2)c2sc(C(=O)OCC(=O)NCCC#N)cc12. The van der Waals surface area contributed by atoms with Crippen molar-refractivity contribution in [2.45, 2.75) is 13.3 Å². The van der Waals surface area contributed by atoms with Crippen molar-refractivity contribution < 1.29 is 14.3 Å². The maximum Gasteiger partial charge on any atom is 0.348 e. The number of fused-ring (bicyclic) bond motifs is 1. The van der Waals surface area contributed by atoms with Gasteiger partial charge in [-0.15, -0.1) is 11.3 Å². The van der Waals surface area contributed by atoms with Gasteiger partial charge in [0.15, 0.2) is 6.61 Å². The number of rotatable bonds is 6. The van der Waals surface area contributed by atoms with Crippen LogP contribution in [0.4, 0.5) is 0 Å². The molecule has 8 heteroatoms. The van der Waals surface area contributed by atoms with Crippen molar-refractivity contribution >= 4 is 33.4 Å². The number of thiophene rings is 1. The fourth-order valence-electron chi connectivity index (χ4n) is 2.40. The Morgan fingerprint density at radius 1 is 1.35 bits per heavy atom. The van der Waals surface area contributed by atoms with Crippen LogP contribution in [0.5, 0.6) is 0 Å². The molecule has 0 atom stereocenters. The number of nitrogens with one attached hydrogen (secondary N) is 1. The van der Waals surface area contributed by atoms with E-state index in [1.54, 1.807) is 10.7 Å². The van der Waals surface area contributed by atoms with Gasteiger partial charge in [0, 0.05) is 11.9 Å². The van der Waals surface area contributed by atoms with Crippen molar-refractivity contribution in [3.63, 3.8) is 0 Å². The smallest absolute Gasteiger partial charge is 0.348 e. The van der Waals surface area contributed by atoms with E-state index in [0.29, 0.717) is 4.88 Å². The van der Waals surface area contributed by atoms with E-state index >= 15 is 0 Å². The maximum atomic E-state index is 12.2. The van der Waals surface area contributed by atoms with E-state index in [4.69, 9.17) is 10.00 Å². The third-order valence-electron chi connectivity index (χ3n) is 3.64. The van der Waals surface area contributed by atoms with E-state index in [0.717, 1.165) is 21.6 Å². The van der Waals surface area contributed by atoms with Crippen LogP contribution in [0.15, 0.2) is 36.4 Å². The van der Waals surface area contributed by atoms with Crippen molar-refractivity contribution in [2.24, 2.45) is 0 Å². The van der Waals surface area contributed by atoms with Crippen LogP contribution in [0.25, 0.3) is 15.9 Å². The first-order chi connectivity index (χ1) is 12.6. The van der Waals surface area contributed by atoms with Crippen molar-refractivity contribution in [3.8, 4) is 11.8 Å². The molecule has 0 bridgehead atoms. The number of nitriles is 1. The van der Waals surface area contributed by atoms with Gasteiger partial charge >= 0.3 is 5.97 Å². The standard InChI is InChI=1S/C18H16N4O3S/c1-12-14-10-15(18(24)25-11-16(23)20-9-5-8-19)26-17(14)22(21-12)13-6-3-2-4-7-13/h2-4,6-7,10H,5,9,11H2,1H3,(H,20,23). The minimum atomic E-state index is -0.555. The van der Waals surface area contributed by atoms with Gasteiger partial charge in [0.25, 0.3) is 5.91 Å². The first kappa shape index (κ1) is 17.6. The van der Waals surface area contributed by atoms with Crippen molar-refractivity contribution in [3.05, 3.63) is 47.0 Å². The molecule has 0 radical (unpaired) electrons. The first-order valence-electron chi connectivity index (χ1n) is 7.95. The molecule has 3 aromatic rings. The fourth-order valence-corrected chi connectivity index (χ4v) is 3.48. The zero-order chi connectivity index (χ0) is 18.5. The number of hydrogen-bond donors (Lipinski definition) is 1. The van der Waals surface area contributed by atoms with Gasteiger partial charge in [-0.1, -0.05) is 18.2 Å². The normalized spacial score (nSPS) is 10.5. The van der Waals surface area contributed by atoms with Gasteiger partial charge < -0.3 is 10.1 Å². The summed E-state index contributed by atoms with van der Waals surface area (Å²) in [5, 5.41) is 16.3. The van der Waals surface area contributed by atoms with E-state index < -0.39 is 11.9 Å². The Kier molecular flexibility index (Phi) is 5.29. The van der Waals surface area contributed by atoms with E-state index in [1.807, 2.05) is 43.3 Å². The molecule has 2 heterocycles. The molecule has 0 unspecified atom stereocenters. The van der Waals surface area contributed by atoms with Crippen LogP contribution >= 0.6 is 11.3 Å². The predicted octanol–water partition coefficient (Wildman–Crippen LogP) is 2.58. The van der Waals surface area contributed by atoms with Crippen molar-refractivity contribution in [2.75, 3.05) is 13.2 Å². The summed E-state index contributed by atoms with van der Waals surface area (Å²) in [6.07, 6.45) is 0.214. The van der Waals surface area contributed by atoms with Gasteiger partial charge in [0.2, 0.25) is 0 Å². The lowest BCUT2D eigenvalue weighted by Crippen LogP contribution is -2.29.